The van der Waals surface area contributed by atoms with E-state index in [-0.39, 0.29) is 17.9 Å². The second kappa shape index (κ2) is 12.4. The number of thiazole rings is 1. The van der Waals surface area contributed by atoms with Crippen molar-refractivity contribution in [3.63, 3.8) is 0 Å². The first-order chi connectivity index (χ1) is 20.7. The van der Waals surface area contributed by atoms with Crippen LogP contribution in [0.15, 0.2) is 57.5 Å². The third-order valence-electron chi connectivity index (χ3n) is 7.71. The van der Waals surface area contributed by atoms with Crippen molar-refractivity contribution < 1.29 is 28.8 Å². The van der Waals surface area contributed by atoms with Crippen LogP contribution in [0.5, 0.6) is 11.5 Å². The summed E-state index contributed by atoms with van der Waals surface area (Å²) in [7, 11) is 5.18. The Bertz CT molecular complexity index is 1790. The summed E-state index contributed by atoms with van der Waals surface area (Å²) in [6, 6.07) is 9.00. The molecule has 2 aliphatic rings. The standard InChI is InChI=1S/C30H33N5O7S/c1-6-42-29(37)26-18(2)31-30-34(27(26)22-17-21(40-4)8-10-24(22)41-5)28(36)25(43-30)16-19-15-20(35(38)39)7-9-23(19)33-13-11-32(3)12-14-33/h7-10,15-17,27H,6,11-14H2,1-5H3/p+1/b25-16+/t27-/m1/s1. The van der Waals surface area contributed by atoms with E-state index in [0.29, 0.717) is 37.7 Å². The number of methoxy groups -OCH3 is 2. The summed E-state index contributed by atoms with van der Waals surface area (Å²) in [6.07, 6.45) is 1.68. The van der Waals surface area contributed by atoms with Crippen molar-refractivity contribution in [3.05, 3.63) is 88.6 Å². The summed E-state index contributed by atoms with van der Waals surface area (Å²) in [5.41, 5.74) is 2.08. The molecule has 0 aliphatic carbocycles. The number of carbonyl (C=O) groups excluding carboxylic acids is 1. The van der Waals surface area contributed by atoms with Gasteiger partial charge in [-0.15, -0.1) is 0 Å². The van der Waals surface area contributed by atoms with Crippen molar-refractivity contribution in [2.75, 3.05) is 59.0 Å². The van der Waals surface area contributed by atoms with Gasteiger partial charge >= 0.3 is 5.97 Å². The number of ether oxygens (including phenoxy) is 3. The first-order valence-corrected chi connectivity index (χ1v) is 14.7. The van der Waals surface area contributed by atoms with Crippen molar-refractivity contribution in [1.82, 2.24) is 4.57 Å². The Morgan fingerprint density at radius 2 is 1.93 bits per heavy atom. The molecule has 1 atom stereocenters. The monoisotopic (exact) mass is 608 g/mol. The molecule has 0 spiro atoms. The Kier molecular flexibility index (Phi) is 8.64. The summed E-state index contributed by atoms with van der Waals surface area (Å²) in [5.74, 6) is 0.382. The lowest BCUT2D eigenvalue weighted by Crippen LogP contribution is -3.12. The molecule has 1 fully saturated rings. The van der Waals surface area contributed by atoms with Gasteiger partial charge in [0, 0.05) is 28.9 Å². The number of nitro groups is 1. The Morgan fingerprint density at radius 1 is 1.19 bits per heavy atom. The lowest BCUT2D eigenvalue weighted by Gasteiger charge is -2.32. The molecule has 2 aromatic carbocycles. The highest BCUT2D eigenvalue weighted by Gasteiger charge is 2.35. The molecule has 1 N–H and O–H groups in total. The molecule has 0 radical (unpaired) electrons. The number of nitrogens with zero attached hydrogens (tertiary/aromatic N) is 4. The summed E-state index contributed by atoms with van der Waals surface area (Å²) < 4.78 is 18.3. The van der Waals surface area contributed by atoms with Gasteiger partial charge in [-0.2, -0.15) is 0 Å². The fourth-order valence-corrected chi connectivity index (χ4v) is 6.51. The number of carbonyl (C=O) groups is 1. The van der Waals surface area contributed by atoms with Crippen LogP contribution in [0.2, 0.25) is 0 Å². The van der Waals surface area contributed by atoms with E-state index in [4.69, 9.17) is 14.2 Å². The van der Waals surface area contributed by atoms with Crippen LogP contribution in [-0.2, 0) is 9.53 Å². The van der Waals surface area contributed by atoms with Gasteiger partial charge in [0.05, 0.1) is 74.8 Å². The van der Waals surface area contributed by atoms with Crippen molar-refractivity contribution in [2.45, 2.75) is 19.9 Å². The lowest BCUT2D eigenvalue weighted by atomic mass is 9.94. The van der Waals surface area contributed by atoms with Gasteiger partial charge < -0.3 is 24.0 Å². The molecule has 0 saturated carbocycles. The highest BCUT2D eigenvalue weighted by Crippen LogP contribution is 2.38. The minimum atomic E-state index is -0.910. The van der Waals surface area contributed by atoms with Crippen LogP contribution in [0.4, 0.5) is 11.4 Å². The van der Waals surface area contributed by atoms with Gasteiger partial charge in [0.15, 0.2) is 4.80 Å². The molecule has 0 amide bonds. The van der Waals surface area contributed by atoms with E-state index < -0.39 is 22.5 Å². The largest absolute Gasteiger partial charge is 0.497 e. The molecule has 3 heterocycles. The molecule has 1 saturated heterocycles. The predicted octanol–water partition coefficient (Wildman–Crippen LogP) is 1.06. The highest BCUT2D eigenvalue weighted by atomic mass is 32.1. The van der Waals surface area contributed by atoms with Crippen molar-refractivity contribution in [1.29, 1.82) is 0 Å². The predicted molar refractivity (Wildman–Crippen MR) is 162 cm³/mol. The molecule has 226 valence electrons. The minimum absolute atomic E-state index is 0.0676. The van der Waals surface area contributed by atoms with Crippen LogP contribution in [0.3, 0.4) is 0 Å². The number of allylic oxidation sites excluding steroid dienone is 1. The zero-order valence-corrected chi connectivity index (χ0v) is 25.5. The first kappa shape index (κ1) is 30.0. The molecule has 2 aliphatic heterocycles. The molecule has 3 aromatic rings. The average molecular weight is 609 g/mol. The molecular weight excluding hydrogens is 574 g/mol. The zero-order valence-electron chi connectivity index (χ0n) is 24.7. The fourth-order valence-electron chi connectivity index (χ4n) is 5.47. The number of likely N-dealkylation sites (N-methyl/N-ethyl adjacent to an activating group) is 1. The van der Waals surface area contributed by atoms with Crippen molar-refractivity contribution in [3.8, 4) is 11.5 Å². The molecule has 43 heavy (non-hydrogen) atoms. The summed E-state index contributed by atoms with van der Waals surface area (Å²) >= 11 is 1.16. The van der Waals surface area contributed by atoms with Crippen molar-refractivity contribution in [2.24, 2.45) is 4.99 Å². The number of benzene rings is 2. The Labute approximate surface area is 251 Å². The Balaban J connectivity index is 1.74. The lowest BCUT2D eigenvalue weighted by molar-refractivity contribution is -0.880. The quantitative estimate of drug-likeness (QED) is 0.228. The number of hydrogen-bond acceptors (Lipinski definition) is 10. The topological polar surface area (TPSA) is 130 Å². The number of esters is 1. The van der Waals surface area contributed by atoms with Crippen LogP contribution in [0, 0.1) is 10.1 Å². The number of aromatic nitrogens is 1. The van der Waals surface area contributed by atoms with Crippen LogP contribution in [-0.4, -0.2) is 69.5 Å². The van der Waals surface area contributed by atoms with E-state index in [9.17, 15) is 19.7 Å². The number of nitro benzene ring substituents is 1. The third-order valence-corrected chi connectivity index (χ3v) is 8.70. The fraction of sp³-hybridized carbons (Fsp3) is 0.367. The van der Waals surface area contributed by atoms with Crippen LogP contribution >= 0.6 is 11.3 Å². The summed E-state index contributed by atoms with van der Waals surface area (Å²) in [4.78, 5) is 47.4. The summed E-state index contributed by atoms with van der Waals surface area (Å²) in [5, 5.41) is 11.7. The molecule has 0 bridgehead atoms. The van der Waals surface area contributed by atoms with E-state index in [1.807, 2.05) is 0 Å². The molecule has 0 unspecified atom stereocenters. The van der Waals surface area contributed by atoms with E-state index >= 15 is 0 Å². The maximum absolute atomic E-state index is 14.2. The van der Waals surface area contributed by atoms with Crippen molar-refractivity contribution >= 4 is 34.8 Å². The Hall–Kier alpha value is -4.49. The molecule has 5 rings (SSSR count). The molecular formula is C30H34N5O7S+. The van der Waals surface area contributed by atoms with E-state index in [0.717, 1.165) is 43.2 Å². The van der Waals surface area contributed by atoms with Gasteiger partial charge in [0.1, 0.15) is 17.5 Å². The first-order valence-electron chi connectivity index (χ1n) is 13.9. The number of anilines is 1. The molecule has 13 heteroatoms. The van der Waals surface area contributed by atoms with E-state index in [2.05, 4.69) is 16.9 Å². The number of rotatable bonds is 8. The maximum Gasteiger partial charge on any atom is 0.338 e. The van der Waals surface area contributed by atoms with Crippen LogP contribution in [0.25, 0.3) is 6.08 Å². The van der Waals surface area contributed by atoms with Gasteiger partial charge in [0.25, 0.3) is 11.2 Å². The number of piperazine rings is 1. The second-order valence-corrected chi connectivity index (χ2v) is 11.4. The van der Waals surface area contributed by atoms with Crippen LogP contribution in [0.1, 0.15) is 31.0 Å². The van der Waals surface area contributed by atoms with Gasteiger partial charge in [-0.3, -0.25) is 19.5 Å². The third kappa shape index (κ3) is 5.77. The number of non-ortho nitro benzene ring substituents is 1. The highest BCUT2D eigenvalue weighted by molar-refractivity contribution is 7.07. The number of hydrogen-bond donors (Lipinski definition) is 1. The molecule has 1 aromatic heterocycles. The van der Waals surface area contributed by atoms with Gasteiger partial charge in [-0.25, -0.2) is 9.79 Å². The van der Waals surface area contributed by atoms with Crippen LogP contribution < -0.4 is 34.2 Å². The smallest absolute Gasteiger partial charge is 0.338 e. The summed E-state index contributed by atoms with van der Waals surface area (Å²) in [6.45, 7) is 6.98. The zero-order chi connectivity index (χ0) is 30.8. The van der Waals surface area contributed by atoms with Gasteiger partial charge in [-0.05, 0) is 44.2 Å². The SMILES string of the molecule is CCOC(=O)C1=C(C)N=c2s/c(=C/c3cc([N+](=O)[O-])ccc3N3CC[NH+](C)CC3)c(=O)n2[C@@H]1c1cc(OC)ccc1OC. The number of fused-ring (bicyclic) bond motifs is 1. The minimum Gasteiger partial charge on any atom is -0.497 e. The second-order valence-electron chi connectivity index (χ2n) is 10.4. The molecule has 12 nitrogen and oxygen atoms in total. The normalized spacial score (nSPS) is 17.4. The number of nitrogens with one attached hydrogen (secondary N) is 1. The maximum atomic E-state index is 14.2. The average Bonchev–Trinajstić information content (AvgIpc) is 3.30. The number of quaternary nitrogens is 1. The van der Waals surface area contributed by atoms with E-state index in [1.54, 1.807) is 44.2 Å². The van der Waals surface area contributed by atoms with E-state index in [1.165, 1.54) is 35.8 Å². The van der Waals surface area contributed by atoms with Gasteiger partial charge in [0.2, 0.25) is 0 Å². The van der Waals surface area contributed by atoms with Gasteiger partial charge in [-0.1, -0.05) is 11.3 Å². The Morgan fingerprint density at radius 3 is 2.58 bits per heavy atom.